The monoisotopic (exact) mass is 217 g/mol. The van der Waals surface area contributed by atoms with Gasteiger partial charge in [0.15, 0.2) is 0 Å². The zero-order valence-electron chi connectivity index (χ0n) is 10.7. The van der Waals surface area contributed by atoms with Crippen LogP contribution in [-0.2, 0) is 0 Å². The Hall–Kier alpha value is -0.820. The molecule has 0 aromatic heterocycles. The molecule has 0 amide bonds. The van der Waals surface area contributed by atoms with E-state index in [1.54, 1.807) is 0 Å². The van der Waals surface area contributed by atoms with Crippen LogP contribution >= 0.6 is 0 Å². The number of likely N-dealkylation sites (tertiary alicyclic amines) is 1. The SMILES string of the molecule is Cc1ccc(C2CCN(CC(C)C)C2)cc1. The third-order valence-electron chi connectivity index (χ3n) is 3.44. The van der Waals surface area contributed by atoms with E-state index in [0.717, 1.165) is 11.8 Å². The highest BCUT2D eigenvalue weighted by molar-refractivity contribution is 5.25. The molecule has 1 fully saturated rings. The number of benzene rings is 1. The quantitative estimate of drug-likeness (QED) is 0.749. The van der Waals surface area contributed by atoms with E-state index in [9.17, 15) is 0 Å². The lowest BCUT2D eigenvalue weighted by Crippen LogP contribution is -2.24. The molecule has 1 aliphatic heterocycles. The Labute approximate surface area is 99.5 Å². The minimum Gasteiger partial charge on any atom is -0.302 e. The van der Waals surface area contributed by atoms with Crippen LogP contribution in [0.25, 0.3) is 0 Å². The van der Waals surface area contributed by atoms with Crippen molar-refractivity contribution in [1.29, 1.82) is 0 Å². The first-order valence-corrected chi connectivity index (χ1v) is 6.44. The van der Waals surface area contributed by atoms with E-state index >= 15 is 0 Å². The maximum Gasteiger partial charge on any atom is 0.00509 e. The number of rotatable bonds is 3. The Balaban J connectivity index is 1.95. The Morgan fingerprint density at radius 1 is 1.25 bits per heavy atom. The van der Waals surface area contributed by atoms with Crippen molar-refractivity contribution in [1.82, 2.24) is 4.90 Å². The average molecular weight is 217 g/mol. The fourth-order valence-corrected chi connectivity index (χ4v) is 2.63. The smallest absolute Gasteiger partial charge is 0.00509 e. The highest BCUT2D eigenvalue weighted by Gasteiger charge is 2.23. The summed E-state index contributed by atoms with van der Waals surface area (Å²) in [5.74, 6) is 1.55. The van der Waals surface area contributed by atoms with Crippen LogP contribution in [0.3, 0.4) is 0 Å². The molecule has 0 N–H and O–H groups in total. The fourth-order valence-electron chi connectivity index (χ4n) is 2.63. The van der Waals surface area contributed by atoms with Gasteiger partial charge in [-0.3, -0.25) is 0 Å². The normalized spacial score (nSPS) is 21.9. The van der Waals surface area contributed by atoms with Crippen molar-refractivity contribution in [2.45, 2.75) is 33.1 Å². The van der Waals surface area contributed by atoms with E-state index in [1.807, 2.05) is 0 Å². The molecular weight excluding hydrogens is 194 g/mol. The van der Waals surface area contributed by atoms with Crippen LogP contribution in [0.2, 0.25) is 0 Å². The molecule has 0 aliphatic carbocycles. The number of nitrogens with zero attached hydrogens (tertiary/aromatic N) is 1. The highest BCUT2D eigenvalue weighted by Crippen LogP contribution is 2.27. The molecule has 16 heavy (non-hydrogen) atoms. The van der Waals surface area contributed by atoms with Gasteiger partial charge in [0.1, 0.15) is 0 Å². The van der Waals surface area contributed by atoms with Gasteiger partial charge in [-0.2, -0.15) is 0 Å². The van der Waals surface area contributed by atoms with Crippen LogP contribution in [0.5, 0.6) is 0 Å². The molecule has 1 unspecified atom stereocenters. The second kappa shape index (κ2) is 5.01. The van der Waals surface area contributed by atoms with Crippen molar-refractivity contribution < 1.29 is 0 Å². The Kier molecular flexibility index (Phi) is 3.65. The largest absolute Gasteiger partial charge is 0.302 e. The molecule has 1 nitrogen and oxygen atoms in total. The summed E-state index contributed by atoms with van der Waals surface area (Å²) in [6, 6.07) is 9.08. The predicted octanol–water partition coefficient (Wildman–Crippen LogP) is 3.44. The summed E-state index contributed by atoms with van der Waals surface area (Å²) in [6.45, 7) is 10.5. The van der Waals surface area contributed by atoms with Crippen LogP contribution in [0.15, 0.2) is 24.3 Å². The number of hydrogen-bond acceptors (Lipinski definition) is 1. The van der Waals surface area contributed by atoms with Gasteiger partial charge in [-0.25, -0.2) is 0 Å². The van der Waals surface area contributed by atoms with Gasteiger partial charge in [-0.15, -0.1) is 0 Å². The molecule has 2 rings (SSSR count). The molecule has 88 valence electrons. The Morgan fingerprint density at radius 3 is 2.56 bits per heavy atom. The molecule has 0 bridgehead atoms. The summed E-state index contributed by atoms with van der Waals surface area (Å²) >= 11 is 0. The fraction of sp³-hybridized carbons (Fsp3) is 0.600. The van der Waals surface area contributed by atoms with E-state index in [4.69, 9.17) is 0 Å². The molecule has 1 aromatic carbocycles. The Bertz CT molecular complexity index is 326. The van der Waals surface area contributed by atoms with Gasteiger partial charge in [0.2, 0.25) is 0 Å². The first-order chi connectivity index (χ1) is 7.65. The topological polar surface area (TPSA) is 3.24 Å². The summed E-state index contributed by atoms with van der Waals surface area (Å²) < 4.78 is 0. The molecular formula is C15H23N. The van der Waals surface area contributed by atoms with Crippen molar-refractivity contribution in [2.75, 3.05) is 19.6 Å². The molecule has 0 saturated carbocycles. The average Bonchev–Trinajstić information content (AvgIpc) is 2.66. The van der Waals surface area contributed by atoms with Crippen molar-refractivity contribution in [2.24, 2.45) is 5.92 Å². The van der Waals surface area contributed by atoms with Crippen LogP contribution in [-0.4, -0.2) is 24.5 Å². The second-order valence-electron chi connectivity index (χ2n) is 5.55. The molecule has 1 atom stereocenters. The van der Waals surface area contributed by atoms with E-state index in [1.165, 1.54) is 37.2 Å². The summed E-state index contributed by atoms with van der Waals surface area (Å²) in [7, 11) is 0. The van der Waals surface area contributed by atoms with E-state index in [-0.39, 0.29) is 0 Å². The first-order valence-electron chi connectivity index (χ1n) is 6.44. The maximum absolute atomic E-state index is 2.61. The lowest BCUT2D eigenvalue weighted by molar-refractivity contribution is 0.295. The summed E-state index contributed by atoms with van der Waals surface area (Å²) in [5, 5.41) is 0. The van der Waals surface area contributed by atoms with E-state index in [2.05, 4.69) is 49.9 Å². The van der Waals surface area contributed by atoms with Crippen LogP contribution in [0.1, 0.15) is 37.3 Å². The molecule has 1 heterocycles. The van der Waals surface area contributed by atoms with Gasteiger partial charge < -0.3 is 4.90 Å². The number of aryl methyl sites for hydroxylation is 1. The molecule has 0 radical (unpaired) electrons. The van der Waals surface area contributed by atoms with Crippen LogP contribution in [0.4, 0.5) is 0 Å². The molecule has 1 aromatic rings. The molecule has 1 saturated heterocycles. The first kappa shape index (κ1) is 11.7. The standard InChI is InChI=1S/C15H23N/c1-12(2)10-16-9-8-15(11-16)14-6-4-13(3)5-7-14/h4-7,12,15H,8-11H2,1-3H3. The van der Waals surface area contributed by atoms with E-state index in [0.29, 0.717) is 0 Å². The third kappa shape index (κ3) is 2.85. The lowest BCUT2D eigenvalue weighted by atomic mass is 9.97. The predicted molar refractivity (Wildman–Crippen MR) is 69.8 cm³/mol. The van der Waals surface area contributed by atoms with Gasteiger partial charge in [-0.1, -0.05) is 43.7 Å². The summed E-state index contributed by atoms with van der Waals surface area (Å²) in [6.07, 6.45) is 1.33. The second-order valence-corrected chi connectivity index (χ2v) is 5.55. The van der Waals surface area contributed by atoms with Crippen molar-refractivity contribution in [3.63, 3.8) is 0 Å². The minimum absolute atomic E-state index is 0.763. The Morgan fingerprint density at radius 2 is 1.94 bits per heavy atom. The lowest BCUT2D eigenvalue weighted by Gasteiger charge is -2.18. The zero-order chi connectivity index (χ0) is 11.5. The highest BCUT2D eigenvalue weighted by atomic mass is 15.1. The van der Waals surface area contributed by atoms with Gasteiger partial charge in [-0.05, 0) is 37.3 Å². The van der Waals surface area contributed by atoms with E-state index < -0.39 is 0 Å². The number of hydrogen-bond donors (Lipinski definition) is 0. The van der Waals surface area contributed by atoms with Gasteiger partial charge in [0.05, 0.1) is 0 Å². The van der Waals surface area contributed by atoms with Crippen molar-refractivity contribution in [3.8, 4) is 0 Å². The van der Waals surface area contributed by atoms with Gasteiger partial charge >= 0.3 is 0 Å². The van der Waals surface area contributed by atoms with Gasteiger partial charge in [0, 0.05) is 13.1 Å². The van der Waals surface area contributed by atoms with Crippen LogP contribution < -0.4 is 0 Å². The molecule has 0 spiro atoms. The molecule has 1 heteroatoms. The maximum atomic E-state index is 2.61. The summed E-state index contributed by atoms with van der Waals surface area (Å²) in [5.41, 5.74) is 2.89. The molecule has 1 aliphatic rings. The van der Waals surface area contributed by atoms with Crippen molar-refractivity contribution in [3.05, 3.63) is 35.4 Å². The third-order valence-corrected chi connectivity index (χ3v) is 3.44. The zero-order valence-corrected chi connectivity index (χ0v) is 10.7. The van der Waals surface area contributed by atoms with Crippen LogP contribution in [0, 0.1) is 12.8 Å². The minimum atomic E-state index is 0.763. The van der Waals surface area contributed by atoms with Crippen molar-refractivity contribution >= 4 is 0 Å². The summed E-state index contributed by atoms with van der Waals surface area (Å²) in [4.78, 5) is 2.61. The van der Waals surface area contributed by atoms with Gasteiger partial charge in [0.25, 0.3) is 0 Å².